The van der Waals surface area contributed by atoms with Gasteiger partial charge in [-0.05, 0) is 47.9 Å². The van der Waals surface area contributed by atoms with Crippen LogP contribution >= 0.6 is 15.9 Å². The van der Waals surface area contributed by atoms with Gasteiger partial charge in [-0.1, -0.05) is 18.2 Å². The Balaban J connectivity index is 0.000000385. The van der Waals surface area contributed by atoms with Gasteiger partial charge < -0.3 is 30.7 Å². The molecular weight excluding hydrogens is 404 g/mol. The van der Waals surface area contributed by atoms with Crippen LogP contribution in [0.1, 0.15) is 19.3 Å². The SMILES string of the molecule is CN1CC[C@]23C4=C5O[C@H]2[C@@H](O)C=C[C@H]3[C@H]1CC4=CCC5(O)Br.NC(=O)O. The minimum absolute atomic E-state index is 0.174. The van der Waals surface area contributed by atoms with Crippen LogP contribution in [-0.4, -0.2) is 62.7 Å². The summed E-state index contributed by atoms with van der Waals surface area (Å²) in [5, 5.41) is 28.5. The molecule has 7 nitrogen and oxygen atoms in total. The molecule has 0 radical (unpaired) electrons. The number of aliphatic hydroxyl groups is 2. The van der Waals surface area contributed by atoms with E-state index in [0.717, 1.165) is 19.4 Å². The lowest BCUT2D eigenvalue weighted by Crippen LogP contribution is -2.62. The molecular formula is C18H23BrN2O5. The molecule has 0 aromatic rings. The van der Waals surface area contributed by atoms with E-state index in [9.17, 15) is 10.2 Å². The Morgan fingerprint density at radius 3 is 2.85 bits per heavy atom. The van der Waals surface area contributed by atoms with Crippen molar-refractivity contribution >= 4 is 22.0 Å². The second kappa shape index (κ2) is 5.82. The van der Waals surface area contributed by atoms with Gasteiger partial charge in [-0.15, -0.1) is 0 Å². The van der Waals surface area contributed by atoms with Crippen LogP contribution in [0.3, 0.4) is 0 Å². The third-order valence-electron chi connectivity index (χ3n) is 6.44. The lowest BCUT2D eigenvalue weighted by molar-refractivity contribution is -0.0958. The highest BCUT2D eigenvalue weighted by atomic mass is 79.9. The van der Waals surface area contributed by atoms with Gasteiger partial charge in [0.25, 0.3) is 0 Å². The van der Waals surface area contributed by atoms with E-state index in [1.165, 1.54) is 11.1 Å². The first-order chi connectivity index (χ1) is 12.2. The molecule has 2 heterocycles. The molecule has 1 spiro atoms. The van der Waals surface area contributed by atoms with Gasteiger partial charge in [0.15, 0.2) is 4.51 Å². The number of piperidine rings is 1. The van der Waals surface area contributed by atoms with E-state index in [1.807, 2.05) is 6.08 Å². The number of amides is 1. The summed E-state index contributed by atoms with van der Waals surface area (Å²) in [6, 6.07) is 0.458. The van der Waals surface area contributed by atoms with Gasteiger partial charge in [0.2, 0.25) is 0 Å². The maximum Gasteiger partial charge on any atom is 0.402 e. The predicted octanol–water partition coefficient (Wildman–Crippen LogP) is 1.32. The molecule has 1 saturated carbocycles. The fraction of sp³-hybridized carbons (Fsp3) is 0.611. The van der Waals surface area contributed by atoms with E-state index in [1.54, 1.807) is 0 Å². The summed E-state index contributed by atoms with van der Waals surface area (Å²) in [6.45, 7) is 1.01. The van der Waals surface area contributed by atoms with E-state index in [4.69, 9.17) is 14.6 Å². The summed E-state index contributed by atoms with van der Waals surface area (Å²) >= 11 is 3.44. The summed E-state index contributed by atoms with van der Waals surface area (Å²) in [4.78, 5) is 11.2. The summed E-state index contributed by atoms with van der Waals surface area (Å²) in [5.74, 6) is 1.01. The van der Waals surface area contributed by atoms with Crippen molar-refractivity contribution in [2.45, 2.75) is 42.0 Å². The molecule has 6 atom stereocenters. The molecule has 0 aromatic heterocycles. The van der Waals surface area contributed by atoms with Crippen LogP contribution < -0.4 is 5.73 Å². The average Bonchev–Trinajstić information content (AvgIpc) is 2.90. The third kappa shape index (κ3) is 2.32. The Hall–Kier alpha value is -1.35. The molecule has 2 fully saturated rings. The minimum atomic E-state index is -1.33. The number of carbonyl (C=O) groups is 1. The quantitative estimate of drug-likeness (QED) is 0.342. The first-order valence-electron chi connectivity index (χ1n) is 8.76. The molecule has 8 heteroatoms. The minimum Gasteiger partial charge on any atom is -0.486 e. The lowest BCUT2D eigenvalue weighted by Gasteiger charge is -2.58. The number of nitrogens with two attached hydrogens (primary N) is 1. The fourth-order valence-electron chi connectivity index (χ4n) is 5.46. The van der Waals surface area contributed by atoms with E-state index in [2.05, 4.69) is 45.8 Å². The fourth-order valence-corrected chi connectivity index (χ4v) is 5.92. The van der Waals surface area contributed by atoms with Crippen molar-refractivity contribution in [1.82, 2.24) is 4.90 Å². The molecule has 1 saturated heterocycles. The van der Waals surface area contributed by atoms with Crippen LogP contribution in [0.25, 0.3) is 0 Å². The first kappa shape index (κ1) is 18.0. The summed E-state index contributed by atoms with van der Waals surface area (Å²) in [6.07, 6.45) is 6.53. The molecule has 5 N–H and O–H groups in total. The molecule has 1 unspecified atom stereocenters. The van der Waals surface area contributed by atoms with Crippen LogP contribution in [-0.2, 0) is 4.74 Å². The van der Waals surface area contributed by atoms with Crippen LogP contribution in [0.15, 0.2) is 35.1 Å². The number of rotatable bonds is 0. The second-order valence-electron chi connectivity index (χ2n) is 7.72. The summed E-state index contributed by atoms with van der Waals surface area (Å²) in [5.41, 5.74) is 6.35. The largest absolute Gasteiger partial charge is 0.486 e. The molecule has 2 aliphatic heterocycles. The zero-order valence-electron chi connectivity index (χ0n) is 14.4. The van der Waals surface area contributed by atoms with Crippen LogP contribution in [0, 0.1) is 11.3 Å². The van der Waals surface area contributed by atoms with E-state index in [-0.39, 0.29) is 11.5 Å². The number of ether oxygens (including phenoxy) is 1. The van der Waals surface area contributed by atoms with E-state index in [0.29, 0.717) is 24.1 Å². The Morgan fingerprint density at radius 2 is 2.15 bits per heavy atom. The van der Waals surface area contributed by atoms with Crippen molar-refractivity contribution in [3.05, 3.63) is 35.1 Å². The number of halogens is 1. The Bertz CT molecular complexity index is 742. The number of primary amides is 1. The average molecular weight is 427 g/mol. The topological polar surface area (TPSA) is 116 Å². The van der Waals surface area contributed by atoms with Crippen LogP contribution in [0.2, 0.25) is 0 Å². The molecule has 0 aromatic carbocycles. The Morgan fingerprint density at radius 1 is 1.46 bits per heavy atom. The number of likely N-dealkylation sites (tertiary alicyclic amines) is 1. The van der Waals surface area contributed by atoms with Gasteiger partial charge in [0, 0.05) is 29.4 Å². The van der Waals surface area contributed by atoms with Crippen molar-refractivity contribution < 1.29 is 24.9 Å². The monoisotopic (exact) mass is 426 g/mol. The Kier molecular flexibility index (Phi) is 4.04. The number of aliphatic hydroxyl groups excluding tert-OH is 1. The second-order valence-corrected chi connectivity index (χ2v) is 9.03. The zero-order chi connectivity index (χ0) is 18.9. The number of alkyl halides is 1. The summed E-state index contributed by atoms with van der Waals surface area (Å²) in [7, 11) is 2.20. The molecule has 3 aliphatic carbocycles. The van der Waals surface area contributed by atoms with Crippen molar-refractivity contribution in [2.75, 3.05) is 13.6 Å². The Labute approximate surface area is 159 Å². The normalized spacial score (nSPS) is 45.2. The molecule has 5 rings (SSSR count). The van der Waals surface area contributed by atoms with Gasteiger partial charge in [-0.3, -0.25) is 0 Å². The molecule has 142 valence electrons. The molecule has 2 bridgehead atoms. The third-order valence-corrected chi connectivity index (χ3v) is 7.13. The maximum absolute atomic E-state index is 10.7. The van der Waals surface area contributed by atoms with Crippen molar-refractivity contribution in [1.29, 1.82) is 0 Å². The zero-order valence-corrected chi connectivity index (χ0v) is 16.0. The van der Waals surface area contributed by atoms with Crippen molar-refractivity contribution in [3.63, 3.8) is 0 Å². The number of hydrogen-bond donors (Lipinski definition) is 4. The molecule has 26 heavy (non-hydrogen) atoms. The smallest absolute Gasteiger partial charge is 0.402 e. The number of carboxylic acid groups (broad SMARTS) is 1. The van der Waals surface area contributed by atoms with Crippen LogP contribution in [0.5, 0.6) is 0 Å². The lowest BCUT2D eigenvalue weighted by atomic mass is 9.51. The first-order valence-corrected chi connectivity index (χ1v) is 9.55. The maximum atomic E-state index is 10.7. The standard InChI is InChI=1S/C17H20BrNO3.CH3NO2/c1-19-7-6-16-10-2-3-12(20)14(16)22-15-13(16)9(8-11(10)19)4-5-17(15,18)21;2-1(3)4/h2-4,10-12,14,20-21H,5-8H2,1H3;2H2,(H,3,4)/t10-,11+,12-,14-,16-,17?;/m0./s1. The highest BCUT2D eigenvalue weighted by molar-refractivity contribution is 9.10. The van der Waals surface area contributed by atoms with E-state index >= 15 is 0 Å². The van der Waals surface area contributed by atoms with Gasteiger partial charge in [0.1, 0.15) is 18.0 Å². The van der Waals surface area contributed by atoms with Crippen LogP contribution in [0.4, 0.5) is 4.79 Å². The van der Waals surface area contributed by atoms with Gasteiger partial charge in [-0.25, -0.2) is 4.79 Å². The number of hydrogen-bond acceptors (Lipinski definition) is 5. The van der Waals surface area contributed by atoms with Crippen molar-refractivity contribution in [2.24, 2.45) is 17.1 Å². The van der Waals surface area contributed by atoms with E-state index < -0.39 is 16.7 Å². The predicted molar refractivity (Wildman–Crippen MR) is 97.4 cm³/mol. The van der Waals surface area contributed by atoms with Crippen molar-refractivity contribution in [3.8, 4) is 0 Å². The summed E-state index contributed by atoms with van der Waals surface area (Å²) < 4.78 is 5.08. The molecule has 5 aliphatic rings. The van der Waals surface area contributed by atoms with Gasteiger partial charge in [-0.2, -0.15) is 0 Å². The molecule has 1 amide bonds. The van der Waals surface area contributed by atoms with Gasteiger partial charge in [0.05, 0.1) is 0 Å². The highest BCUT2D eigenvalue weighted by Crippen LogP contribution is 2.66. The highest BCUT2D eigenvalue weighted by Gasteiger charge is 2.67. The number of nitrogens with zero attached hydrogens (tertiary/aromatic N) is 1. The van der Waals surface area contributed by atoms with Gasteiger partial charge >= 0.3 is 6.09 Å².